The van der Waals surface area contributed by atoms with Gasteiger partial charge in [-0.05, 0) is 41.5 Å². The van der Waals surface area contributed by atoms with Crippen molar-refractivity contribution in [2.45, 2.75) is 19.5 Å². The number of carbonyl (C=O) groups excluding carboxylic acids is 1. The Kier molecular flexibility index (Phi) is 4.10. The van der Waals surface area contributed by atoms with Gasteiger partial charge in [0, 0.05) is 0 Å². The van der Waals surface area contributed by atoms with Crippen molar-refractivity contribution < 1.29 is 9.21 Å². The molecule has 0 radical (unpaired) electrons. The molecule has 3 aromatic rings. The van der Waals surface area contributed by atoms with Crippen LogP contribution in [0.1, 0.15) is 24.3 Å². The molecule has 3 rings (SSSR count). The van der Waals surface area contributed by atoms with Gasteiger partial charge in [-0.1, -0.05) is 36.4 Å². The topological polar surface area (TPSA) is 54.3 Å². The molecule has 22 heavy (non-hydrogen) atoms. The number of carbonyl (C=O) groups is 1. The van der Waals surface area contributed by atoms with Crippen LogP contribution in [0.25, 0.3) is 10.8 Å². The minimum atomic E-state index is -0.211. The van der Waals surface area contributed by atoms with E-state index in [1.807, 2.05) is 31.2 Å². The number of urea groups is 1. The Balaban J connectivity index is 1.62. The van der Waals surface area contributed by atoms with E-state index in [0.717, 1.165) is 11.3 Å². The number of amides is 2. The Hall–Kier alpha value is -2.75. The van der Waals surface area contributed by atoms with Crippen molar-refractivity contribution in [3.05, 3.63) is 72.2 Å². The molecule has 112 valence electrons. The van der Waals surface area contributed by atoms with Gasteiger partial charge in [0.25, 0.3) is 0 Å². The molecule has 0 bridgehead atoms. The quantitative estimate of drug-likeness (QED) is 0.764. The summed E-state index contributed by atoms with van der Waals surface area (Å²) in [6.07, 6.45) is 1.59. The molecule has 1 heterocycles. The predicted octanol–water partition coefficient (Wildman–Crippen LogP) is 3.99. The van der Waals surface area contributed by atoms with Gasteiger partial charge in [-0.25, -0.2) is 4.79 Å². The summed E-state index contributed by atoms with van der Waals surface area (Å²) in [5, 5.41) is 8.08. The van der Waals surface area contributed by atoms with Crippen LogP contribution in [0.5, 0.6) is 0 Å². The van der Waals surface area contributed by atoms with Crippen molar-refractivity contribution in [1.82, 2.24) is 10.6 Å². The highest BCUT2D eigenvalue weighted by molar-refractivity contribution is 5.83. The summed E-state index contributed by atoms with van der Waals surface area (Å²) >= 11 is 0. The fourth-order valence-corrected chi connectivity index (χ4v) is 2.39. The molecule has 0 aliphatic rings. The maximum absolute atomic E-state index is 11.9. The van der Waals surface area contributed by atoms with Crippen LogP contribution in [0.4, 0.5) is 4.79 Å². The Bertz CT molecular complexity index is 766. The number of rotatable bonds is 4. The van der Waals surface area contributed by atoms with Gasteiger partial charge < -0.3 is 15.1 Å². The van der Waals surface area contributed by atoms with Gasteiger partial charge in [0.2, 0.25) is 0 Å². The Labute approximate surface area is 129 Å². The van der Waals surface area contributed by atoms with Gasteiger partial charge in [0.1, 0.15) is 5.76 Å². The minimum Gasteiger partial charge on any atom is -0.467 e. The second-order valence-corrected chi connectivity index (χ2v) is 5.23. The summed E-state index contributed by atoms with van der Waals surface area (Å²) in [7, 11) is 0. The third-order valence-corrected chi connectivity index (χ3v) is 3.62. The van der Waals surface area contributed by atoms with Crippen LogP contribution in [0.3, 0.4) is 0 Å². The number of hydrogen-bond acceptors (Lipinski definition) is 2. The molecule has 2 aromatic carbocycles. The van der Waals surface area contributed by atoms with E-state index >= 15 is 0 Å². The molecular weight excluding hydrogens is 276 g/mol. The number of furan rings is 1. The van der Waals surface area contributed by atoms with E-state index in [1.165, 1.54) is 10.8 Å². The second kappa shape index (κ2) is 6.35. The van der Waals surface area contributed by atoms with Crippen molar-refractivity contribution in [3.63, 3.8) is 0 Å². The minimum absolute atomic E-state index is 0.0683. The highest BCUT2D eigenvalue weighted by Gasteiger charge is 2.10. The Morgan fingerprint density at radius 1 is 1.09 bits per heavy atom. The van der Waals surface area contributed by atoms with E-state index in [9.17, 15) is 4.79 Å². The Morgan fingerprint density at radius 2 is 1.91 bits per heavy atom. The van der Waals surface area contributed by atoms with Gasteiger partial charge in [0.05, 0.1) is 18.8 Å². The number of fused-ring (bicyclic) bond motifs is 1. The molecule has 0 saturated heterocycles. The lowest BCUT2D eigenvalue weighted by Gasteiger charge is -2.15. The third kappa shape index (κ3) is 3.28. The van der Waals surface area contributed by atoms with Crippen LogP contribution in [0, 0.1) is 0 Å². The predicted molar refractivity (Wildman–Crippen MR) is 86.4 cm³/mol. The maximum Gasteiger partial charge on any atom is 0.315 e. The lowest BCUT2D eigenvalue weighted by atomic mass is 10.0. The first-order valence-corrected chi connectivity index (χ1v) is 7.28. The average Bonchev–Trinajstić information content (AvgIpc) is 3.06. The van der Waals surface area contributed by atoms with Crippen molar-refractivity contribution >= 4 is 16.8 Å². The molecule has 4 nitrogen and oxygen atoms in total. The maximum atomic E-state index is 11.9. The Morgan fingerprint density at radius 3 is 2.68 bits per heavy atom. The zero-order valence-corrected chi connectivity index (χ0v) is 12.4. The van der Waals surface area contributed by atoms with Crippen LogP contribution in [-0.2, 0) is 6.54 Å². The van der Waals surface area contributed by atoms with Crippen LogP contribution < -0.4 is 10.6 Å². The molecule has 0 saturated carbocycles. The lowest BCUT2D eigenvalue weighted by Crippen LogP contribution is -2.36. The fourth-order valence-electron chi connectivity index (χ4n) is 2.39. The van der Waals surface area contributed by atoms with E-state index in [-0.39, 0.29) is 12.1 Å². The molecule has 2 amide bonds. The van der Waals surface area contributed by atoms with Crippen LogP contribution in [0.2, 0.25) is 0 Å². The molecule has 0 aliphatic heterocycles. The zero-order valence-electron chi connectivity index (χ0n) is 12.4. The first-order chi connectivity index (χ1) is 10.7. The molecule has 0 aliphatic carbocycles. The summed E-state index contributed by atoms with van der Waals surface area (Å²) in [4.78, 5) is 11.9. The number of nitrogens with one attached hydrogen (secondary N) is 2. The van der Waals surface area contributed by atoms with Gasteiger partial charge in [-0.2, -0.15) is 0 Å². The SMILES string of the molecule is CC(NC(=O)NCc1ccco1)c1ccc2ccccc2c1. The van der Waals surface area contributed by atoms with E-state index < -0.39 is 0 Å². The van der Waals surface area contributed by atoms with Crippen LogP contribution >= 0.6 is 0 Å². The molecule has 1 aromatic heterocycles. The first kappa shape index (κ1) is 14.2. The summed E-state index contributed by atoms with van der Waals surface area (Å²) in [5.41, 5.74) is 1.08. The van der Waals surface area contributed by atoms with Gasteiger partial charge in [-0.15, -0.1) is 0 Å². The van der Waals surface area contributed by atoms with Crippen LogP contribution in [-0.4, -0.2) is 6.03 Å². The summed E-state index contributed by atoms with van der Waals surface area (Å²) in [6.45, 7) is 2.35. The second-order valence-electron chi connectivity index (χ2n) is 5.23. The van der Waals surface area contributed by atoms with E-state index in [0.29, 0.717) is 6.54 Å². The van der Waals surface area contributed by atoms with Crippen molar-refractivity contribution in [1.29, 1.82) is 0 Å². The summed E-state index contributed by atoms with van der Waals surface area (Å²) in [6, 6.07) is 17.7. The molecule has 0 spiro atoms. The molecular formula is C18H18N2O2. The van der Waals surface area contributed by atoms with Crippen molar-refractivity contribution in [2.75, 3.05) is 0 Å². The third-order valence-electron chi connectivity index (χ3n) is 3.62. The molecule has 0 fully saturated rings. The van der Waals surface area contributed by atoms with Gasteiger partial charge in [0.15, 0.2) is 0 Å². The fraction of sp³-hybridized carbons (Fsp3) is 0.167. The van der Waals surface area contributed by atoms with E-state index in [1.54, 1.807) is 12.3 Å². The summed E-state index contributed by atoms with van der Waals surface area (Å²) in [5.74, 6) is 0.730. The molecule has 1 atom stereocenters. The normalized spacial score (nSPS) is 12.0. The molecule has 4 heteroatoms. The van der Waals surface area contributed by atoms with Crippen molar-refractivity contribution in [3.8, 4) is 0 Å². The van der Waals surface area contributed by atoms with E-state index in [2.05, 4.69) is 34.9 Å². The lowest BCUT2D eigenvalue weighted by molar-refractivity contribution is 0.236. The highest BCUT2D eigenvalue weighted by atomic mass is 16.3. The van der Waals surface area contributed by atoms with Crippen LogP contribution in [0.15, 0.2) is 65.3 Å². The standard InChI is InChI=1S/C18H18N2O2/c1-13(20-18(21)19-12-17-7-4-10-22-17)15-9-8-14-5-2-3-6-16(14)11-15/h2-11,13H,12H2,1H3,(H2,19,20,21). The molecule has 2 N–H and O–H groups in total. The zero-order chi connectivity index (χ0) is 15.4. The van der Waals surface area contributed by atoms with Gasteiger partial charge >= 0.3 is 6.03 Å². The largest absolute Gasteiger partial charge is 0.467 e. The molecule has 1 unspecified atom stereocenters. The summed E-state index contributed by atoms with van der Waals surface area (Å²) < 4.78 is 5.18. The number of hydrogen-bond donors (Lipinski definition) is 2. The average molecular weight is 294 g/mol. The monoisotopic (exact) mass is 294 g/mol. The smallest absolute Gasteiger partial charge is 0.315 e. The van der Waals surface area contributed by atoms with E-state index in [4.69, 9.17) is 4.42 Å². The highest BCUT2D eigenvalue weighted by Crippen LogP contribution is 2.20. The van der Waals surface area contributed by atoms with Crippen molar-refractivity contribution in [2.24, 2.45) is 0 Å². The number of benzene rings is 2. The first-order valence-electron chi connectivity index (χ1n) is 7.28. The van der Waals surface area contributed by atoms with Gasteiger partial charge in [-0.3, -0.25) is 0 Å².